The van der Waals surface area contributed by atoms with Crippen molar-refractivity contribution in [2.45, 2.75) is 44.7 Å². The summed E-state index contributed by atoms with van der Waals surface area (Å²) in [6, 6.07) is 6.15. The van der Waals surface area contributed by atoms with Crippen LogP contribution in [0, 0.1) is 0 Å². The third kappa shape index (κ3) is 5.39. The van der Waals surface area contributed by atoms with E-state index in [4.69, 9.17) is 0 Å². The first-order valence-corrected chi connectivity index (χ1v) is 8.81. The van der Waals surface area contributed by atoms with Gasteiger partial charge in [0.2, 0.25) is 10.0 Å². The summed E-state index contributed by atoms with van der Waals surface area (Å²) >= 11 is 0. The highest BCUT2D eigenvalue weighted by Gasteiger charge is 2.18. The Kier molecular flexibility index (Phi) is 6.80. The largest absolute Gasteiger partial charge is 0.389 e. The Balaban J connectivity index is 2.76. The van der Waals surface area contributed by atoms with Crippen LogP contribution in [-0.4, -0.2) is 44.1 Å². The fourth-order valence-corrected chi connectivity index (χ4v) is 3.40. The number of rotatable bonds is 8. The fourth-order valence-electron chi connectivity index (χ4n) is 2.16. The molecular formula is C15H26N2O3S. The van der Waals surface area contributed by atoms with Crippen molar-refractivity contribution in [3.8, 4) is 0 Å². The van der Waals surface area contributed by atoms with E-state index in [1.807, 2.05) is 6.92 Å². The standard InChI is InChI=1S/C15H26N2O3S/c1-5-17(6-2)11-12(3)16-21(19,20)15-9-7-14(8-10-15)13(4)18/h7-10,12-13,16,18H,5-6,11H2,1-4H3. The van der Waals surface area contributed by atoms with E-state index in [-0.39, 0.29) is 10.9 Å². The third-order valence-electron chi connectivity index (χ3n) is 3.46. The summed E-state index contributed by atoms with van der Waals surface area (Å²) in [5.41, 5.74) is 0.699. The van der Waals surface area contributed by atoms with E-state index in [9.17, 15) is 13.5 Å². The number of hydrogen-bond acceptors (Lipinski definition) is 4. The SMILES string of the molecule is CCN(CC)CC(C)NS(=O)(=O)c1ccc(C(C)O)cc1. The lowest BCUT2D eigenvalue weighted by molar-refractivity contribution is 0.199. The van der Waals surface area contributed by atoms with Crippen LogP contribution < -0.4 is 4.72 Å². The van der Waals surface area contributed by atoms with Gasteiger partial charge in [0.15, 0.2) is 0 Å². The number of aliphatic hydroxyl groups is 1. The first-order valence-electron chi connectivity index (χ1n) is 7.32. The van der Waals surface area contributed by atoms with Crippen LogP contribution in [0.3, 0.4) is 0 Å². The van der Waals surface area contributed by atoms with Gasteiger partial charge in [0.05, 0.1) is 11.0 Å². The monoisotopic (exact) mass is 314 g/mol. The maximum atomic E-state index is 12.3. The summed E-state index contributed by atoms with van der Waals surface area (Å²) in [4.78, 5) is 2.39. The smallest absolute Gasteiger partial charge is 0.240 e. The van der Waals surface area contributed by atoms with Crippen LogP contribution in [0.15, 0.2) is 29.2 Å². The zero-order valence-corrected chi connectivity index (χ0v) is 14.0. The molecule has 0 aliphatic rings. The van der Waals surface area contributed by atoms with Gasteiger partial charge >= 0.3 is 0 Å². The van der Waals surface area contributed by atoms with Gasteiger partial charge in [0, 0.05) is 12.6 Å². The molecule has 2 N–H and O–H groups in total. The maximum absolute atomic E-state index is 12.3. The molecule has 120 valence electrons. The van der Waals surface area contributed by atoms with Gasteiger partial charge in [-0.3, -0.25) is 0 Å². The van der Waals surface area contributed by atoms with Gasteiger partial charge < -0.3 is 10.0 Å². The molecule has 0 aliphatic carbocycles. The van der Waals surface area contributed by atoms with Crippen molar-refractivity contribution in [2.75, 3.05) is 19.6 Å². The van der Waals surface area contributed by atoms with Gasteiger partial charge in [-0.15, -0.1) is 0 Å². The zero-order valence-electron chi connectivity index (χ0n) is 13.2. The van der Waals surface area contributed by atoms with Crippen LogP contribution in [0.5, 0.6) is 0 Å². The molecule has 1 aromatic rings. The highest BCUT2D eigenvalue weighted by atomic mass is 32.2. The lowest BCUT2D eigenvalue weighted by atomic mass is 10.1. The molecule has 1 aromatic carbocycles. The van der Waals surface area contributed by atoms with Crippen molar-refractivity contribution in [2.24, 2.45) is 0 Å². The quantitative estimate of drug-likeness (QED) is 0.767. The molecule has 1 rings (SSSR count). The molecule has 0 bridgehead atoms. The van der Waals surface area contributed by atoms with Gasteiger partial charge in [-0.1, -0.05) is 26.0 Å². The van der Waals surface area contributed by atoms with E-state index in [0.29, 0.717) is 12.1 Å². The average molecular weight is 314 g/mol. The van der Waals surface area contributed by atoms with E-state index in [2.05, 4.69) is 23.5 Å². The second-order valence-electron chi connectivity index (χ2n) is 5.25. The first-order chi connectivity index (χ1) is 9.80. The lowest BCUT2D eigenvalue weighted by Crippen LogP contribution is -2.41. The Labute approximate surface area is 128 Å². The predicted molar refractivity (Wildman–Crippen MR) is 84.6 cm³/mol. The Bertz CT molecular complexity index is 522. The Morgan fingerprint density at radius 1 is 1.14 bits per heavy atom. The summed E-state index contributed by atoms with van der Waals surface area (Å²) in [6.07, 6.45) is -0.601. The molecule has 0 aromatic heterocycles. The van der Waals surface area contributed by atoms with E-state index in [0.717, 1.165) is 13.1 Å². The van der Waals surface area contributed by atoms with Crippen LogP contribution in [0.4, 0.5) is 0 Å². The highest BCUT2D eigenvalue weighted by molar-refractivity contribution is 7.89. The van der Waals surface area contributed by atoms with Gasteiger partial charge in [-0.05, 0) is 44.6 Å². The molecule has 2 atom stereocenters. The molecule has 0 saturated carbocycles. The summed E-state index contributed by atoms with van der Waals surface area (Å²) in [5, 5.41) is 9.45. The maximum Gasteiger partial charge on any atom is 0.240 e. The molecule has 5 nitrogen and oxygen atoms in total. The first kappa shape index (κ1) is 18.1. The molecule has 0 radical (unpaired) electrons. The van der Waals surface area contributed by atoms with Crippen molar-refractivity contribution in [1.29, 1.82) is 0 Å². The van der Waals surface area contributed by atoms with Crippen LogP contribution in [0.1, 0.15) is 39.4 Å². The Morgan fingerprint density at radius 3 is 2.10 bits per heavy atom. The summed E-state index contributed by atoms with van der Waals surface area (Å²) in [5.74, 6) is 0. The van der Waals surface area contributed by atoms with Gasteiger partial charge in [0.25, 0.3) is 0 Å². The minimum Gasteiger partial charge on any atom is -0.389 e. The van der Waals surface area contributed by atoms with Crippen molar-refractivity contribution in [3.63, 3.8) is 0 Å². The second-order valence-corrected chi connectivity index (χ2v) is 6.97. The minimum atomic E-state index is -3.52. The molecule has 0 aliphatic heterocycles. The molecular weight excluding hydrogens is 288 g/mol. The molecule has 21 heavy (non-hydrogen) atoms. The molecule has 0 saturated heterocycles. The number of hydrogen-bond donors (Lipinski definition) is 2. The van der Waals surface area contributed by atoms with E-state index >= 15 is 0 Å². The van der Waals surface area contributed by atoms with E-state index in [1.165, 1.54) is 12.1 Å². The molecule has 0 amide bonds. The van der Waals surface area contributed by atoms with E-state index < -0.39 is 16.1 Å². The Hall–Kier alpha value is -0.950. The van der Waals surface area contributed by atoms with Crippen LogP contribution in [0.2, 0.25) is 0 Å². The molecule has 0 fully saturated rings. The number of benzene rings is 1. The van der Waals surface area contributed by atoms with Crippen molar-refractivity contribution < 1.29 is 13.5 Å². The summed E-state index contributed by atoms with van der Waals surface area (Å²) in [7, 11) is -3.52. The molecule has 0 heterocycles. The fraction of sp³-hybridized carbons (Fsp3) is 0.600. The number of likely N-dealkylation sites (N-methyl/N-ethyl adjacent to an activating group) is 1. The predicted octanol–water partition coefficient (Wildman–Crippen LogP) is 1.75. The van der Waals surface area contributed by atoms with Crippen molar-refractivity contribution >= 4 is 10.0 Å². The van der Waals surface area contributed by atoms with Crippen molar-refractivity contribution in [1.82, 2.24) is 9.62 Å². The van der Waals surface area contributed by atoms with Crippen LogP contribution in [-0.2, 0) is 10.0 Å². The third-order valence-corrected chi connectivity index (χ3v) is 5.06. The van der Waals surface area contributed by atoms with Crippen LogP contribution in [0.25, 0.3) is 0 Å². The normalized spacial score (nSPS) is 15.1. The molecule has 2 unspecified atom stereocenters. The molecule has 6 heteroatoms. The van der Waals surface area contributed by atoms with Gasteiger partial charge in [-0.2, -0.15) is 0 Å². The number of nitrogens with zero attached hydrogens (tertiary/aromatic N) is 1. The highest BCUT2D eigenvalue weighted by Crippen LogP contribution is 2.16. The Morgan fingerprint density at radius 2 is 1.67 bits per heavy atom. The topological polar surface area (TPSA) is 69.6 Å². The molecule has 0 spiro atoms. The summed E-state index contributed by atoms with van der Waals surface area (Å²) in [6.45, 7) is 10.1. The number of nitrogens with one attached hydrogen (secondary N) is 1. The number of sulfonamides is 1. The zero-order chi connectivity index (χ0) is 16.0. The number of aliphatic hydroxyl groups excluding tert-OH is 1. The van der Waals surface area contributed by atoms with E-state index in [1.54, 1.807) is 19.1 Å². The van der Waals surface area contributed by atoms with Crippen LogP contribution >= 0.6 is 0 Å². The van der Waals surface area contributed by atoms with Gasteiger partial charge in [-0.25, -0.2) is 13.1 Å². The minimum absolute atomic E-state index is 0.161. The lowest BCUT2D eigenvalue weighted by Gasteiger charge is -2.23. The average Bonchev–Trinajstić information content (AvgIpc) is 2.44. The second kappa shape index (κ2) is 7.89. The van der Waals surface area contributed by atoms with Gasteiger partial charge in [0.1, 0.15) is 0 Å². The summed E-state index contributed by atoms with van der Waals surface area (Å²) < 4.78 is 27.3. The van der Waals surface area contributed by atoms with Crippen molar-refractivity contribution in [3.05, 3.63) is 29.8 Å².